The molecule has 3 aromatic carbocycles. The summed E-state index contributed by atoms with van der Waals surface area (Å²) in [4.78, 5) is 0. The van der Waals surface area contributed by atoms with Gasteiger partial charge in [0.1, 0.15) is 6.61 Å². The minimum absolute atomic E-state index is 0.216. The van der Waals surface area contributed by atoms with Crippen molar-refractivity contribution >= 4 is 52.1 Å². The Morgan fingerprint density at radius 3 is 2.25 bits per heavy atom. The number of methoxy groups -OCH3 is 1. The molecule has 0 bridgehead atoms. The van der Waals surface area contributed by atoms with E-state index in [1.165, 1.54) is 0 Å². The maximum atomic E-state index is 6.25. The predicted molar refractivity (Wildman–Crippen MR) is 118 cm³/mol. The average molecular weight is 457 g/mol. The van der Waals surface area contributed by atoms with Gasteiger partial charge in [-0.05, 0) is 36.4 Å². The number of rotatable bonds is 7. The average Bonchev–Trinajstić information content (AvgIpc) is 2.67. The zero-order valence-electron chi connectivity index (χ0n) is 14.9. The Morgan fingerprint density at radius 2 is 1.57 bits per heavy atom. The summed E-state index contributed by atoms with van der Waals surface area (Å²) < 4.78 is 11.5. The van der Waals surface area contributed by atoms with Gasteiger partial charge in [-0.3, -0.25) is 0 Å². The molecule has 0 atom stereocenters. The van der Waals surface area contributed by atoms with Crippen LogP contribution in [0.5, 0.6) is 11.5 Å². The van der Waals surface area contributed by atoms with E-state index in [0.717, 1.165) is 16.8 Å². The molecule has 3 rings (SSSR count). The Labute approximate surface area is 184 Å². The summed E-state index contributed by atoms with van der Waals surface area (Å²) in [6.45, 7) is 0.692. The molecule has 0 spiro atoms. The Bertz CT molecular complexity index is 958. The summed E-state index contributed by atoms with van der Waals surface area (Å²) in [6.07, 6.45) is 0. The minimum atomic E-state index is 0.216. The number of ether oxygens (including phenoxy) is 2. The fraction of sp³-hybridized carbons (Fsp3) is 0.143. The van der Waals surface area contributed by atoms with E-state index in [1.54, 1.807) is 37.4 Å². The number of hydrogen-bond acceptors (Lipinski definition) is 3. The second kappa shape index (κ2) is 9.62. The van der Waals surface area contributed by atoms with Gasteiger partial charge < -0.3 is 14.8 Å². The van der Waals surface area contributed by atoms with Crippen molar-refractivity contribution in [3.8, 4) is 11.5 Å². The van der Waals surface area contributed by atoms with Crippen molar-refractivity contribution in [1.29, 1.82) is 0 Å². The molecule has 0 aromatic heterocycles. The molecule has 0 amide bonds. The largest absolute Gasteiger partial charge is 0.493 e. The van der Waals surface area contributed by atoms with Crippen LogP contribution in [-0.2, 0) is 13.2 Å². The summed E-state index contributed by atoms with van der Waals surface area (Å²) in [5.41, 5.74) is 2.39. The topological polar surface area (TPSA) is 30.5 Å². The van der Waals surface area contributed by atoms with Gasteiger partial charge in [-0.2, -0.15) is 0 Å². The number of benzene rings is 3. The SMILES string of the molecule is COc1cccc(CNc2ccc(Cl)cc2Cl)c1OCc1c(Cl)cccc1Cl. The molecular formula is C21H17Cl4NO2. The van der Waals surface area contributed by atoms with Crippen molar-refractivity contribution < 1.29 is 9.47 Å². The molecule has 0 aliphatic carbocycles. The van der Waals surface area contributed by atoms with Crippen LogP contribution in [0.25, 0.3) is 0 Å². The molecule has 3 nitrogen and oxygen atoms in total. The fourth-order valence-electron chi connectivity index (χ4n) is 2.66. The van der Waals surface area contributed by atoms with Gasteiger partial charge in [0.15, 0.2) is 11.5 Å². The summed E-state index contributed by atoms with van der Waals surface area (Å²) in [7, 11) is 1.60. The van der Waals surface area contributed by atoms with E-state index in [9.17, 15) is 0 Å². The van der Waals surface area contributed by atoms with Crippen LogP contribution in [0, 0.1) is 0 Å². The molecule has 0 aliphatic rings. The second-order valence-electron chi connectivity index (χ2n) is 5.92. The zero-order valence-corrected chi connectivity index (χ0v) is 18.0. The van der Waals surface area contributed by atoms with Gasteiger partial charge in [-0.25, -0.2) is 0 Å². The van der Waals surface area contributed by atoms with Crippen LogP contribution >= 0.6 is 46.4 Å². The fourth-order valence-corrected chi connectivity index (χ4v) is 3.64. The highest BCUT2D eigenvalue weighted by Gasteiger charge is 2.14. The third-order valence-electron chi connectivity index (χ3n) is 4.10. The Hall–Kier alpha value is -1.78. The van der Waals surface area contributed by atoms with Crippen molar-refractivity contribution in [1.82, 2.24) is 0 Å². The summed E-state index contributed by atoms with van der Waals surface area (Å²) in [6, 6.07) is 16.3. The maximum absolute atomic E-state index is 6.25. The molecule has 0 unspecified atom stereocenters. The molecular weight excluding hydrogens is 440 g/mol. The van der Waals surface area contributed by atoms with Crippen LogP contribution in [0.3, 0.4) is 0 Å². The lowest BCUT2D eigenvalue weighted by atomic mass is 10.1. The first-order valence-corrected chi connectivity index (χ1v) is 9.91. The molecule has 0 fully saturated rings. The van der Waals surface area contributed by atoms with E-state index in [1.807, 2.05) is 24.3 Å². The molecule has 0 heterocycles. The second-order valence-corrected chi connectivity index (χ2v) is 7.57. The van der Waals surface area contributed by atoms with E-state index in [4.69, 9.17) is 55.9 Å². The molecule has 146 valence electrons. The summed E-state index contributed by atoms with van der Waals surface area (Å²) in [5, 5.41) is 5.52. The lowest BCUT2D eigenvalue weighted by molar-refractivity contribution is 0.282. The minimum Gasteiger partial charge on any atom is -0.493 e. The first kappa shape index (κ1) is 20.9. The number of hydrogen-bond donors (Lipinski definition) is 1. The molecule has 3 aromatic rings. The number of anilines is 1. The number of halogens is 4. The van der Waals surface area contributed by atoms with Crippen LogP contribution < -0.4 is 14.8 Å². The molecule has 0 saturated carbocycles. The van der Waals surface area contributed by atoms with Crippen molar-refractivity contribution in [3.05, 3.63) is 85.8 Å². The van der Waals surface area contributed by atoms with Crippen molar-refractivity contribution in [2.75, 3.05) is 12.4 Å². The first-order valence-electron chi connectivity index (χ1n) is 8.40. The molecule has 0 radical (unpaired) electrons. The molecule has 0 saturated heterocycles. The lowest BCUT2D eigenvalue weighted by Gasteiger charge is -2.17. The van der Waals surface area contributed by atoms with Gasteiger partial charge in [0.25, 0.3) is 0 Å². The lowest BCUT2D eigenvalue weighted by Crippen LogP contribution is -2.06. The maximum Gasteiger partial charge on any atom is 0.166 e. The third kappa shape index (κ3) is 4.98. The monoisotopic (exact) mass is 455 g/mol. The first-order chi connectivity index (χ1) is 13.5. The van der Waals surface area contributed by atoms with Crippen LogP contribution in [-0.4, -0.2) is 7.11 Å². The molecule has 28 heavy (non-hydrogen) atoms. The Kier molecular flexibility index (Phi) is 7.19. The number of para-hydroxylation sites is 1. The van der Waals surface area contributed by atoms with E-state index in [2.05, 4.69) is 5.32 Å². The van der Waals surface area contributed by atoms with Crippen molar-refractivity contribution in [2.45, 2.75) is 13.2 Å². The predicted octanol–water partition coefficient (Wildman–Crippen LogP) is 7.50. The van der Waals surface area contributed by atoms with Crippen molar-refractivity contribution in [2.24, 2.45) is 0 Å². The van der Waals surface area contributed by atoms with E-state index >= 15 is 0 Å². The van der Waals surface area contributed by atoms with Gasteiger partial charge in [-0.15, -0.1) is 0 Å². The van der Waals surface area contributed by atoms with Crippen LogP contribution in [0.4, 0.5) is 5.69 Å². The highest BCUT2D eigenvalue weighted by molar-refractivity contribution is 6.36. The third-order valence-corrected chi connectivity index (χ3v) is 5.36. The van der Waals surface area contributed by atoms with E-state index < -0.39 is 0 Å². The molecule has 1 N–H and O–H groups in total. The Morgan fingerprint density at radius 1 is 0.857 bits per heavy atom. The van der Waals surface area contributed by atoms with Crippen LogP contribution in [0.1, 0.15) is 11.1 Å². The van der Waals surface area contributed by atoms with Crippen LogP contribution in [0.2, 0.25) is 20.1 Å². The zero-order chi connectivity index (χ0) is 20.1. The highest BCUT2D eigenvalue weighted by atomic mass is 35.5. The molecule has 7 heteroatoms. The van der Waals surface area contributed by atoms with Gasteiger partial charge >= 0.3 is 0 Å². The standard InChI is InChI=1S/C21H17Cl4NO2/c1-27-20-7-2-4-13(11-26-19-9-8-14(22)10-18(19)25)21(20)28-12-15-16(23)5-3-6-17(15)24/h2-10,26H,11-12H2,1H3. The quantitative estimate of drug-likeness (QED) is 0.399. The summed E-state index contributed by atoms with van der Waals surface area (Å²) >= 11 is 24.7. The smallest absolute Gasteiger partial charge is 0.166 e. The van der Waals surface area contributed by atoms with Gasteiger partial charge in [0, 0.05) is 32.7 Å². The Balaban J connectivity index is 1.82. The van der Waals surface area contributed by atoms with Crippen molar-refractivity contribution in [3.63, 3.8) is 0 Å². The highest BCUT2D eigenvalue weighted by Crippen LogP contribution is 2.35. The molecule has 0 aliphatic heterocycles. The van der Waals surface area contributed by atoms with Gasteiger partial charge in [0.2, 0.25) is 0 Å². The van der Waals surface area contributed by atoms with E-state index in [0.29, 0.717) is 38.1 Å². The van der Waals surface area contributed by atoms with Gasteiger partial charge in [-0.1, -0.05) is 64.6 Å². The van der Waals surface area contributed by atoms with Gasteiger partial charge in [0.05, 0.1) is 17.8 Å². The normalized spacial score (nSPS) is 10.6. The van der Waals surface area contributed by atoms with Crippen LogP contribution in [0.15, 0.2) is 54.6 Å². The van der Waals surface area contributed by atoms with E-state index in [-0.39, 0.29) is 6.61 Å². The summed E-state index contributed by atoms with van der Waals surface area (Å²) in [5.74, 6) is 1.23. The number of nitrogens with one attached hydrogen (secondary N) is 1.